The first-order valence-corrected chi connectivity index (χ1v) is 7.28. The van der Waals surface area contributed by atoms with Gasteiger partial charge >= 0.3 is 5.97 Å². The van der Waals surface area contributed by atoms with Gasteiger partial charge in [-0.1, -0.05) is 19.1 Å². The molecule has 0 spiro atoms. The molecule has 19 heavy (non-hydrogen) atoms. The Morgan fingerprint density at radius 2 is 1.68 bits per heavy atom. The number of hydrogen-bond donors (Lipinski definition) is 1. The Morgan fingerprint density at radius 3 is 2.26 bits per heavy atom. The van der Waals surface area contributed by atoms with Gasteiger partial charge in [0, 0.05) is 13.1 Å². The largest absolute Gasteiger partial charge is 0.481 e. The van der Waals surface area contributed by atoms with E-state index >= 15 is 0 Å². The van der Waals surface area contributed by atoms with Crippen LogP contribution in [0, 0.1) is 29.6 Å². The van der Waals surface area contributed by atoms with Gasteiger partial charge in [-0.2, -0.15) is 0 Å². The summed E-state index contributed by atoms with van der Waals surface area (Å²) in [4.78, 5) is 26.0. The van der Waals surface area contributed by atoms with Crippen LogP contribution in [0.1, 0.15) is 26.2 Å². The van der Waals surface area contributed by atoms with E-state index in [9.17, 15) is 14.7 Å². The molecule has 3 aliphatic rings. The fourth-order valence-electron chi connectivity index (χ4n) is 3.94. The van der Waals surface area contributed by atoms with Gasteiger partial charge in [0.15, 0.2) is 0 Å². The molecule has 0 aromatic carbocycles. The van der Waals surface area contributed by atoms with Gasteiger partial charge in [-0.15, -0.1) is 0 Å². The van der Waals surface area contributed by atoms with Crippen LogP contribution >= 0.6 is 0 Å². The highest BCUT2D eigenvalue weighted by molar-refractivity contribution is 5.87. The molecular weight excluding hydrogens is 242 g/mol. The fraction of sp³-hybridized carbons (Fsp3) is 0.733. The molecule has 1 amide bonds. The normalized spacial score (nSPS) is 37.8. The van der Waals surface area contributed by atoms with Crippen LogP contribution in [0.4, 0.5) is 0 Å². The van der Waals surface area contributed by atoms with E-state index in [0.717, 1.165) is 32.4 Å². The summed E-state index contributed by atoms with van der Waals surface area (Å²) < 4.78 is 0. The van der Waals surface area contributed by atoms with E-state index in [2.05, 4.69) is 13.0 Å². The minimum atomic E-state index is -0.805. The SMILES string of the molecule is CC1CCN(C(=O)[C@H]2C3C=CC(C3)[C@H]2C(=O)O)CC1. The molecule has 0 aromatic rings. The lowest BCUT2D eigenvalue weighted by atomic mass is 9.81. The van der Waals surface area contributed by atoms with Crippen molar-refractivity contribution in [1.29, 1.82) is 0 Å². The molecule has 104 valence electrons. The van der Waals surface area contributed by atoms with E-state index < -0.39 is 11.9 Å². The Bertz CT molecular complexity index is 423. The summed E-state index contributed by atoms with van der Waals surface area (Å²) >= 11 is 0. The molecule has 3 rings (SSSR count). The van der Waals surface area contributed by atoms with E-state index in [4.69, 9.17) is 0 Å². The number of carboxylic acids is 1. The quantitative estimate of drug-likeness (QED) is 0.772. The molecule has 4 heteroatoms. The van der Waals surface area contributed by atoms with Crippen LogP contribution in [0.3, 0.4) is 0 Å². The smallest absolute Gasteiger partial charge is 0.307 e. The van der Waals surface area contributed by atoms with Crippen molar-refractivity contribution in [3.8, 4) is 0 Å². The molecule has 4 atom stereocenters. The van der Waals surface area contributed by atoms with Crippen molar-refractivity contribution in [2.75, 3.05) is 13.1 Å². The predicted octanol–water partition coefficient (Wildman–Crippen LogP) is 1.77. The zero-order chi connectivity index (χ0) is 13.6. The Kier molecular flexibility index (Phi) is 3.11. The summed E-state index contributed by atoms with van der Waals surface area (Å²) in [6.07, 6.45) is 6.97. The van der Waals surface area contributed by atoms with Crippen molar-refractivity contribution in [2.45, 2.75) is 26.2 Å². The molecule has 2 aliphatic carbocycles. The average molecular weight is 263 g/mol. The van der Waals surface area contributed by atoms with Gasteiger partial charge < -0.3 is 10.0 Å². The van der Waals surface area contributed by atoms with Crippen LogP contribution in [0.2, 0.25) is 0 Å². The number of likely N-dealkylation sites (tertiary alicyclic amines) is 1. The van der Waals surface area contributed by atoms with Crippen LogP contribution in [0.5, 0.6) is 0 Å². The van der Waals surface area contributed by atoms with Crippen molar-refractivity contribution in [2.24, 2.45) is 29.6 Å². The Labute approximate surface area is 113 Å². The predicted molar refractivity (Wildman–Crippen MR) is 70.3 cm³/mol. The van der Waals surface area contributed by atoms with Crippen molar-refractivity contribution < 1.29 is 14.7 Å². The molecule has 1 saturated carbocycles. The highest BCUT2D eigenvalue weighted by Gasteiger charge is 2.52. The third-order valence-corrected chi connectivity index (χ3v) is 5.12. The standard InChI is InChI=1S/C15H21NO3/c1-9-4-6-16(7-5-9)14(17)12-10-2-3-11(8-10)13(12)15(18)19/h2-3,9-13H,4-8H2,1H3,(H,18,19)/t10?,11?,12-,13+/m0/s1. The molecule has 0 aromatic heterocycles. The third kappa shape index (κ3) is 2.07. The van der Waals surface area contributed by atoms with Crippen LogP contribution in [0.25, 0.3) is 0 Å². The van der Waals surface area contributed by atoms with E-state index in [1.807, 2.05) is 11.0 Å². The molecule has 4 nitrogen and oxygen atoms in total. The summed E-state index contributed by atoms with van der Waals surface area (Å²) in [5.74, 6) is -0.642. The monoisotopic (exact) mass is 263 g/mol. The molecule has 1 aliphatic heterocycles. The second-order valence-corrected chi connectivity index (χ2v) is 6.35. The number of aliphatic carboxylic acids is 1. The highest BCUT2D eigenvalue weighted by atomic mass is 16.4. The number of carbonyl (C=O) groups excluding carboxylic acids is 1. The number of allylic oxidation sites excluding steroid dienone is 2. The Morgan fingerprint density at radius 1 is 1.11 bits per heavy atom. The first kappa shape index (κ1) is 12.7. The van der Waals surface area contributed by atoms with E-state index in [1.54, 1.807) is 0 Å². The topological polar surface area (TPSA) is 57.6 Å². The number of hydrogen-bond acceptors (Lipinski definition) is 2. The molecule has 0 radical (unpaired) electrons. The van der Waals surface area contributed by atoms with Crippen LogP contribution < -0.4 is 0 Å². The summed E-state index contributed by atoms with van der Waals surface area (Å²) in [5, 5.41) is 9.39. The molecular formula is C15H21NO3. The molecule has 1 N–H and O–H groups in total. The second-order valence-electron chi connectivity index (χ2n) is 6.35. The van der Waals surface area contributed by atoms with Crippen LogP contribution in [-0.4, -0.2) is 35.0 Å². The second kappa shape index (κ2) is 4.66. The summed E-state index contributed by atoms with van der Waals surface area (Å²) in [7, 11) is 0. The zero-order valence-corrected chi connectivity index (χ0v) is 11.3. The minimum Gasteiger partial charge on any atom is -0.481 e. The number of fused-ring (bicyclic) bond motifs is 2. The molecule has 2 fully saturated rings. The lowest BCUT2D eigenvalue weighted by Gasteiger charge is -2.35. The lowest BCUT2D eigenvalue weighted by Crippen LogP contribution is -2.45. The van der Waals surface area contributed by atoms with Gasteiger partial charge in [-0.25, -0.2) is 0 Å². The maximum absolute atomic E-state index is 12.6. The van der Waals surface area contributed by atoms with Gasteiger partial charge in [0.05, 0.1) is 11.8 Å². The maximum Gasteiger partial charge on any atom is 0.307 e. The first-order valence-electron chi connectivity index (χ1n) is 7.28. The van der Waals surface area contributed by atoms with Gasteiger partial charge in [-0.05, 0) is 37.0 Å². The van der Waals surface area contributed by atoms with E-state index in [1.165, 1.54) is 0 Å². The molecule has 1 saturated heterocycles. The third-order valence-electron chi connectivity index (χ3n) is 5.12. The number of piperidine rings is 1. The number of carboxylic acid groups (broad SMARTS) is 1. The number of rotatable bonds is 2. The zero-order valence-electron chi connectivity index (χ0n) is 11.3. The lowest BCUT2D eigenvalue weighted by molar-refractivity contribution is -0.151. The van der Waals surface area contributed by atoms with E-state index in [0.29, 0.717) is 5.92 Å². The van der Waals surface area contributed by atoms with Crippen molar-refractivity contribution in [3.05, 3.63) is 12.2 Å². The summed E-state index contributed by atoms with van der Waals surface area (Å²) in [6.45, 7) is 3.80. The van der Waals surface area contributed by atoms with Gasteiger partial charge in [-0.3, -0.25) is 9.59 Å². The highest BCUT2D eigenvalue weighted by Crippen LogP contribution is 2.49. The molecule has 2 unspecified atom stereocenters. The Hall–Kier alpha value is -1.32. The number of nitrogens with zero attached hydrogens (tertiary/aromatic N) is 1. The first-order chi connectivity index (χ1) is 9.08. The molecule has 1 heterocycles. The van der Waals surface area contributed by atoms with Gasteiger partial charge in [0.2, 0.25) is 5.91 Å². The van der Waals surface area contributed by atoms with Gasteiger partial charge in [0.25, 0.3) is 0 Å². The summed E-state index contributed by atoms with van der Waals surface area (Å²) in [6, 6.07) is 0. The van der Waals surface area contributed by atoms with Crippen LogP contribution in [0.15, 0.2) is 12.2 Å². The maximum atomic E-state index is 12.6. The van der Waals surface area contributed by atoms with Crippen molar-refractivity contribution in [1.82, 2.24) is 4.90 Å². The van der Waals surface area contributed by atoms with Gasteiger partial charge in [0.1, 0.15) is 0 Å². The fourth-order valence-corrected chi connectivity index (χ4v) is 3.94. The molecule has 2 bridgehead atoms. The number of carbonyl (C=O) groups is 2. The summed E-state index contributed by atoms with van der Waals surface area (Å²) in [5.41, 5.74) is 0. The van der Waals surface area contributed by atoms with Crippen molar-refractivity contribution in [3.63, 3.8) is 0 Å². The minimum absolute atomic E-state index is 0.0696. The van der Waals surface area contributed by atoms with Crippen LogP contribution in [-0.2, 0) is 9.59 Å². The average Bonchev–Trinajstić information content (AvgIpc) is 2.98. The van der Waals surface area contributed by atoms with Crippen molar-refractivity contribution >= 4 is 11.9 Å². The van der Waals surface area contributed by atoms with E-state index in [-0.39, 0.29) is 23.7 Å². The Balaban J connectivity index is 1.75. The number of amides is 1.